The number of aromatic nitrogens is 5. The molecule has 0 bridgehead atoms. The van der Waals surface area contributed by atoms with Gasteiger partial charge in [0.1, 0.15) is 11.9 Å². The molecular formula is C48H57N11O7. The summed E-state index contributed by atoms with van der Waals surface area (Å²) in [5.41, 5.74) is 6.52. The molecule has 5 aromatic rings. The zero-order chi connectivity index (χ0) is 46.5. The van der Waals surface area contributed by atoms with E-state index in [9.17, 15) is 28.8 Å². The van der Waals surface area contributed by atoms with Crippen LogP contribution in [0.2, 0.25) is 0 Å². The predicted octanol–water partition coefficient (Wildman–Crippen LogP) is 4.27. The van der Waals surface area contributed by atoms with Crippen LogP contribution in [0.3, 0.4) is 0 Å². The molecule has 18 nitrogen and oxygen atoms in total. The van der Waals surface area contributed by atoms with Crippen molar-refractivity contribution in [3.05, 3.63) is 98.7 Å². The third kappa shape index (κ3) is 9.83. The lowest BCUT2D eigenvalue weighted by Crippen LogP contribution is -2.52. The minimum Gasteiger partial charge on any atom is -0.382 e. The summed E-state index contributed by atoms with van der Waals surface area (Å²) < 4.78 is 7.63. The second-order valence-electron chi connectivity index (χ2n) is 17.3. The summed E-state index contributed by atoms with van der Waals surface area (Å²) in [4.78, 5) is 95.2. The molecule has 1 atom stereocenters. The maximum atomic E-state index is 13.9. The third-order valence-electron chi connectivity index (χ3n) is 12.4. The van der Waals surface area contributed by atoms with E-state index in [1.807, 2.05) is 49.9 Å². The van der Waals surface area contributed by atoms with Gasteiger partial charge < -0.3 is 35.1 Å². The number of rotatable bonds is 17. The molecule has 7 heterocycles. The van der Waals surface area contributed by atoms with Gasteiger partial charge in [0.2, 0.25) is 17.7 Å². The Morgan fingerprint density at radius 3 is 2.56 bits per heavy atom. The quantitative estimate of drug-likeness (QED) is 0.0761. The highest BCUT2D eigenvalue weighted by Crippen LogP contribution is 2.33. The summed E-state index contributed by atoms with van der Waals surface area (Å²) >= 11 is 0. The number of hydrogen-bond acceptors (Lipinski definition) is 12. The molecular weight excluding hydrogens is 843 g/mol. The third-order valence-corrected chi connectivity index (χ3v) is 12.4. The molecule has 2 saturated heterocycles. The first kappa shape index (κ1) is 45.6. The molecule has 2 fully saturated rings. The SMILES string of the molecule is CCCc1cc(C)[nH]c(=O)c1CNC(=O)c1cc(-c2ccc(N3CCN(C(=O)CCCOCCNc4cccc5c4CN(C4CCC(=O)NC4=O)C5=O)CC3)nc2)nc2c1cnn2C(C)C. The van der Waals surface area contributed by atoms with Crippen LogP contribution in [0.4, 0.5) is 11.5 Å². The Morgan fingerprint density at radius 1 is 1.00 bits per heavy atom. The molecule has 0 aliphatic carbocycles. The molecule has 1 aromatic carbocycles. The number of piperazine rings is 1. The molecule has 8 rings (SSSR count). The number of hydrogen-bond donors (Lipinski definition) is 4. The number of ether oxygens (including phenoxy) is 1. The van der Waals surface area contributed by atoms with Crippen LogP contribution in [0.1, 0.15) is 102 Å². The molecule has 4 N–H and O–H groups in total. The van der Waals surface area contributed by atoms with Crippen LogP contribution in [0, 0.1) is 6.92 Å². The van der Waals surface area contributed by atoms with E-state index < -0.39 is 11.9 Å². The standard InChI is InChI=1S/C48H57N11O7/c1-5-8-31-23-30(4)53-46(63)35(31)26-51-45(62)34-24-39(54-44-36(34)27-52-59(44)29(2)3)32-12-14-41(50-25-32)56-17-19-57(20-18-56)43(61)11-7-21-66-22-16-49-38-10-6-9-33-37(38)28-58(48(33)65)40-13-15-42(60)55-47(40)64/h6,9-10,12,14,23-25,27,29,40,49H,5,7-8,11,13,15-22,26,28H2,1-4H3,(H,51,62)(H,53,63)(H,55,60,64). The number of aromatic amines is 1. The highest BCUT2D eigenvalue weighted by molar-refractivity contribution is 6.07. The molecule has 18 heteroatoms. The van der Waals surface area contributed by atoms with Crippen LogP contribution in [-0.4, -0.2) is 116 Å². The lowest BCUT2D eigenvalue weighted by atomic mass is 10.0. The van der Waals surface area contributed by atoms with Crippen LogP contribution >= 0.6 is 0 Å². The maximum absolute atomic E-state index is 13.9. The maximum Gasteiger partial charge on any atom is 0.255 e. The Balaban J connectivity index is 0.802. The van der Waals surface area contributed by atoms with Crippen molar-refractivity contribution in [1.82, 2.24) is 45.2 Å². The number of H-pyrrole nitrogens is 1. The lowest BCUT2D eigenvalue weighted by molar-refractivity contribution is -0.137. The number of anilines is 2. The zero-order valence-electron chi connectivity index (χ0n) is 37.9. The first-order valence-electron chi connectivity index (χ1n) is 22.9. The van der Waals surface area contributed by atoms with Gasteiger partial charge in [-0.15, -0.1) is 0 Å². The molecule has 0 spiro atoms. The van der Waals surface area contributed by atoms with Gasteiger partial charge in [-0.1, -0.05) is 19.4 Å². The van der Waals surface area contributed by atoms with Gasteiger partial charge in [0, 0.05) is 111 Å². The Labute approximate surface area is 382 Å². The number of nitrogens with zero attached hydrogens (tertiary/aromatic N) is 7. The fraction of sp³-hybridized carbons (Fsp3) is 0.438. The average Bonchev–Trinajstić information content (AvgIpc) is 3.89. The van der Waals surface area contributed by atoms with Crippen molar-refractivity contribution in [2.75, 3.05) is 56.2 Å². The van der Waals surface area contributed by atoms with Gasteiger partial charge in [0.25, 0.3) is 17.4 Å². The van der Waals surface area contributed by atoms with Gasteiger partial charge in [-0.05, 0) is 82.0 Å². The number of carbonyl (C=O) groups excluding carboxylic acids is 5. The number of pyridine rings is 3. The highest BCUT2D eigenvalue weighted by Gasteiger charge is 2.40. The fourth-order valence-electron chi connectivity index (χ4n) is 8.97. The van der Waals surface area contributed by atoms with Crippen molar-refractivity contribution >= 4 is 52.1 Å². The van der Waals surface area contributed by atoms with E-state index in [0.717, 1.165) is 46.7 Å². The number of nitrogens with one attached hydrogen (secondary N) is 4. The summed E-state index contributed by atoms with van der Waals surface area (Å²) in [6, 6.07) is 12.4. The van der Waals surface area contributed by atoms with Gasteiger partial charge in [-0.25, -0.2) is 14.6 Å². The van der Waals surface area contributed by atoms with Crippen LogP contribution < -0.4 is 26.4 Å². The normalized spacial score (nSPS) is 16.3. The number of imide groups is 1. The Bertz CT molecular complexity index is 2700. The Kier molecular flexibility index (Phi) is 13.9. The molecule has 3 aliphatic heterocycles. The summed E-state index contributed by atoms with van der Waals surface area (Å²) in [5.74, 6) is -0.438. The van der Waals surface area contributed by atoms with Gasteiger partial charge in [-0.3, -0.25) is 34.1 Å². The summed E-state index contributed by atoms with van der Waals surface area (Å²) in [6.45, 7) is 12.0. The van der Waals surface area contributed by atoms with Crippen molar-refractivity contribution in [2.24, 2.45) is 0 Å². The van der Waals surface area contributed by atoms with Crippen molar-refractivity contribution in [3.63, 3.8) is 0 Å². The smallest absolute Gasteiger partial charge is 0.255 e. The van der Waals surface area contributed by atoms with Crippen molar-refractivity contribution in [1.29, 1.82) is 0 Å². The van der Waals surface area contributed by atoms with Crippen molar-refractivity contribution in [2.45, 2.75) is 91.4 Å². The van der Waals surface area contributed by atoms with Gasteiger partial charge in [-0.2, -0.15) is 5.10 Å². The van der Waals surface area contributed by atoms with E-state index >= 15 is 0 Å². The van der Waals surface area contributed by atoms with Crippen LogP contribution in [-0.2, 0) is 38.6 Å². The van der Waals surface area contributed by atoms with Crippen LogP contribution in [0.15, 0.2) is 59.7 Å². The monoisotopic (exact) mass is 899 g/mol. The molecule has 4 aromatic heterocycles. The molecule has 1 unspecified atom stereocenters. The lowest BCUT2D eigenvalue weighted by Gasteiger charge is -2.35. The Morgan fingerprint density at radius 2 is 1.82 bits per heavy atom. The number of aryl methyl sites for hydroxylation is 2. The van der Waals surface area contributed by atoms with Crippen LogP contribution in [0.25, 0.3) is 22.3 Å². The van der Waals surface area contributed by atoms with E-state index in [-0.39, 0.29) is 54.7 Å². The van der Waals surface area contributed by atoms with E-state index in [4.69, 9.17) is 14.7 Å². The zero-order valence-corrected chi connectivity index (χ0v) is 37.9. The average molecular weight is 900 g/mol. The first-order chi connectivity index (χ1) is 31.9. The molecule has 346 valence electrons. The molecule has 5 amide bonds. The molecule has 3 aliphatic rings. The second kappa shape index (κ2) is 20.1. The number of benzene rings is 1. The largest absolute Gasteiger partial charge is 0.382 e. The minimum absolute atomic E-state index is 0.00132. The van der Waals surface area contributed by atoms with Crippen molar-refractivity contribution in [3.8, 4) is 11.3 Å². The molecule has 0 saturated carbocycles. The van der Waals surface area contributed by atoms with E-state index in [1.165, 1.54) is 4.90 Å². The van der Waals surface area contributed by atoms with Crippen LogP contribution in [0.5, 0.6) is 0 Å². The minimum atomic E-state index is -0.668. The number of amides is 5. The van der Waals surface area contributed by atoms with Gasteiger partial charge in [0.05, 0.1) is 29.4 Å². The second-order valence-corrected chi connectivity index (χ2v) is 17.3. The number of fused-ring (bicyclic) bond motifs is 2. The first-order valence-corrected chi connectivity index (χ1v) is 22.9. The van der Waals surface area contributed by atoms with E-state index in [1.54, 1.807) is 35.3 Å². The molecule has 0 radical (unpaired) electrons. The fourth-order valence-corrected chi connectivity index (χ4v) is 8.97. The summed E-state index contributed by atoms with van der Waals surface area (Å²) in [6.07, 6.45) is 6.50. The summed E-state index contributed by atoms with van der Waals surface area (Å²) in [7, 11) is 0. The number of piperidine rings is 1. The van der Waals surface area contributed by atoms with Crippen molar-refractivity contribution < 1.29 is 28.7 Å². The van der Waals surface area contributed by atoms with Gasteiger partial charge in [0.15, 0.2) is 5.65 Å². The van der Waals surface area contributed by atoms with E-state index in [0.29, 0.717) is 98.6 Å². The molecule has 66 heavy (non-hydrogen) atoms. The summed E-state index contributed by atoms with van der Waals surface area (Å²) in [5, 5.41) is 13.8. The predicted molar refractivity (Wildman–Crippen MR) is 248 cm³/mol. The topological polar surface area (TPSA) is 217 Å². The van der Waals surface area contributed by atoms with Gasteiger partial charge >= 0.3 is 0 Å². The van der Waals surface area contributed by atoms with E-state index in [2.05, 4.69) is 37.9 Å². The number of carbonyl (C=O) groups is 5. The highest BCUT2D eigenvalue weighted by atomic mass is 16.5. The Hall–Kier alpha value is -6.95.